The highest BCUT2D eigenvalue weighted by atomic mass is 16.2. The minimum atomic E-state index is -0.462. The molecule has 72 valence electrons. The highest BCUT2D eigenvalue weighted by Gasteiger charge is 2.16. The molecule has 0 saturated carbocycles. The zero-order valence-corrected chi connectivity index (χ0v) is 7.89. The van der Waals surface area contributed by atoms with Crippen LogP contribution in [-0.4, -0.2) is 19.1 Å². The molecule has 0 unspecified atom stereocenters. The number of hydrogen-bond acceptors (Lipinski definition) is 2. The van der Waals surface area contributed by atoms with Crippen LogP contribution in [0.15, 0.2) is 0 Å². The van der Waals surface area contributed by atoms with E-state index in [-0.39, 0.29) is 5.41 Å². The van der Waals surface area contributed by atoms with Crippen molar-refractivity contribution in [3.8, 4) is 0 Å². The second-order valence-corrected chi connectivity index (χ2v) is 3.77. The maximum atomic E-state index is 10.4. The number of rotatable bonds is 5. The summed E-state index contributed by atoms with van der Waals surface area (Å²) in [6.45, 7) is 5.47. The second-order valence-electron chi connectivity index (χ2n) is 3.77. The smallest absolute Gasteiger partial charge is 0.312 e. The van der Waals surface area contributed by atoms with Crippen LogP contribution in [0.2, 0.25) is 0 Å². The molecule has 0 aliphatic rings. The molecule has 0 heterocycles. The van der Waals surface area contributed by atoms with Gasteiger partial charge in [-0.05, 0) is 24.8 Å². The van der Waals surface area contributed by atoms with Crippen LogP contribution < -0.4 is 16.8 Å². The first-order chi connectivity index (χ1) is 5.48. The minimum absolute atomic E-state index is 0.0917. The van der Waals surface area contributed by atoms with E-state index in [1.54, 1.807) is 0 Å². The molecule has 0 radical (unpaired) electrons. The predicted octanol–water partition coefficient (Wildman–Crippen LogP) is 0.420. The highest BCUT2D eigenvalue weighted by Crippen LogP contribution is 2.20. The van der Waals surface area contributed by atoms with Crippen LogP contribution in [-0.2, 0) is 0 Å². The zero-order chi connectivity index (χ0) is 9.61. The third-order valence-corrected chi connectivity index (χ3v) is 1.80. The summed E-state index contributed by atoms with van der Waals surface area (Å²) in [5.74, 6) is 0. The predicted molar refractivity (Wildman–Crippen MR) is 49.7 cm³/mol. The Hall–Kier alpha value is -0.770. The summed E-state index contributed by atoms with van der Waals surface area (Å²) in [6.07, 6.45) is 1.98. The molecule has 0 rings (SSSR count). The number of carbonyl (C=O) groups excluding carboxylic acids is 1. The van der Waals surface area contributed by atoms with Gasteiger partial charge in [-0.25, -0.2) is 4.79 Å². The molecule has 4 nitrogen and oxygen atoms in total. The van der Waals surface area contributed by atoms with Crippen molar-refractivity contribution >= 4 is 6.03 Å². The van der Waals surface area contributed by atoms with Gasteiger partial charge in [-0.15, -0.1) is 0 Å². The van der Waals surface area contributed by atoms with Crippen LogP contribution in [0.4, 0.5) is 4.79 Å². The molecule has 0 bridgehead atoms. The first kappa shape index (κ1) is 11.2. The largest absolute Gasteiger partial charge is 0.352 e. The van der Waals surface area contributed by atoms with Crippen molar-refractivity contribution in [1.29, 1.82) is 0 Å². The minimum Gasteiger partial charge on any atom is -0.352 e. The standard InChI is InChI=1S/C8H19N3O/c1-8(2,4-3-5-9)6-11-7(10)12/h3-6,9H2,1-2H3,(H3,10,11,12). The maximum Gasteiger partial charge on any atom is 0.312 e. The highest BCUT2D eigenvalue weighted by molar-refractivity contribution is 5.71. The summed E-state index contributed by atoms with van der Waals surface area (Å²) in [4.78, 5) is 10.4. The number of amides is 2. The van der Waals surface area contributed by atoms with Crippen molar-refractivity contribution < 1.29 is 4.79 Å². The number of nitrogens with two attached hydrogens (primary N) is 2. The third kappa shape index (κ3) is 5.97. The monoisotopic (exact) mass is 173 g/mol. The van der Waals surface area contributed by atoms with Crippen molar-refractivity contribution in [1.82, 2.24) is 5.32 Å². The van der Waals surface area contributed by atoms with Crippen LogP contribution >= 0.6 is 0 Å². The van der Waals surface area contributed by atoms with Gasteiger partial charge in [0.15, 0.2) is 0 Å². The average Bonchev–Trinajstić information content (AvgIpc) is 1.98. The Morgan fingerprint density at radius 2 is 2.08 bits per heavy atom. The summed E-state index contributed by atoms with van der Waals surface area (Å²) in [5, 5.41) is 2.59. The first-order valence-electron chi connectivity index (χ1n) is 4.21. The van der Waals surface area contributed by atoms with Crippen LogP contribution in [0.3, 0.4) is 0 Å². The van der Waals surface area contributed by atoms with E-state index in [0.717, 1.165) is 12.8 Å². The zero-order valence-electron chi connectivity index (χ0n) is 7.89. The van der Waals surface area contributed by atoms with Crippen molar-refractivity contribution in [3.63, 3.8) is 0 Å². The van der Waals surface area contributed by atoms with E-state index in [1.165, 1.54) is 0 Å². The Morgan fingerprint density at radius 1 is 1.50 bits per heavy atom. The Balaban J connectivity index is 3.63. The fourth-order valence-corrected chi connectivity index (χ4v) is 0.995. The molecule has 0 saturated heterocycles. The molecular weight excluding hydrogens is 154 g/mol. The molecule has 0 aromatic heterocycles. The fraction of sp³-hybridized carbons (Fsp3) is 0.875. The van der Waals surface area contributed by atoms with Crippen LogP contribution in [0, 0.1) is 5.41 Å². The lowest BCUT2D eigenvalue weighted by atomic mass is 9.88. The summed E-state index contributed by atoms with van der Waals surface area (Å²) in [5.41, 5.74) is 10.4. The fourth-order valence-electron chi connectivity index (χ4n) is 0.995. The molecule has 4 heteroatoms. The van der Waals surface area contributed by atoms with Crippen LogP contribution in [0.25, 0.3) is 0 Å². The number of hydrogen-bond donors (Lipinski definition) is 3. The van der Waals surface area contributed by atoms with E-state index >= 15 is 0 Å². The van der Waals surface area contributed by atoms with Gasteiger partial charge in [0.2, 0.25) is 0 Å². The van der Waals surface area contributed by atoms with E-state index in [9.17, 15) is 4.79 Å². The second kappa shape index (κ2) is 4.98. The van der Waals surface area contributed by atoms with E-state index in [0.29, 0.717) is 13.1 Å². The van der Waals surface area contributed by atoms with Crippen molar-refractivity contribution in [3.05, 3.63) is 0 Å². The topological polar surface area (TPSA) is 81.1 Å². The summed E-state index contributed by atoms with van der Waals surface area (Å²) in [6, 6.07) is -0.462. The van der Waals surface area contributed by atoms with Crippen LogP contribution in [0.5, 0.6) is 0 Å². The molecule has 5 N–H and O–H groups in total. The lowest BCUT2D eigenvalue weighted by molar-refractivity contribution is 0.239. The van der Waals surface area contributed by atoms with Gasteiger partial charge in [0, 0.05) is 6.54 Å². The van der Waals surface area contributed by atoms with E-state index in [2.05, 4.69) is 19.2 Å². The van der Waals surface area contributed by atoms with Crippen molar-refractivity contribution in [2.75, 3.05) is 13.1 Å². The Bertz CT molecular complexity index is 145. The van der Waals surface area contributed by atoms with Gasteiger partial charge in [0.1, 0.15) is 0 Å². The van der Waals surface area contributed by atoms with Gasteiger partial charge in [-0.2, -0.15) is 0 Å². The van der Waals surface area contributed by atoms with Gasteiger partial charge < -0.3 is 16.8 Å². The van der Waals surface area contributed by atoms with Gasteiger partial charge in [-0.1, -0.05) is 13.8 Å². The normalized spacial score (nSPS) is 11.2. The molecule has 2 amide bonds. The molecule has 0 aromatic carbocycles. The third-order valence-electron chi connectivity index (χ3n) is 1.80. The SMILES string of the molecule is CC(C)(CCCN)CNC(N)=O. The number of urea groups is 1. The number of primary amides is 1. The number of carbonyl (C=O) groups is 1. The molecule has 0 spiro atoms. The Labute approximate surface area is 73.7 Å². The van der Waals surface area contributed by atoms with E-state index in [1.807, 2.05) is 0 Å². The molecule has 12 heavy (non-hydrogen) atoms. The Kier molecular flexibility index (Phi) is 4.66. The summed E-state index contributed by atoms with van der Waals surface area (Å²) < 4.78 is 0. The molecular formula is C8H19N3O. The molecule has 0 aliphatic heterocycles. The first-order valence-corrected chi connectivity index (χ1v) is 4.21. The van der Waals surface area contributed by atoms with Gasteiger partial charge in [0.25, 0.3) is 0 Å². The summed E-state index contributed by atoms with van der Waals surface area (Å²) >= 11 is 0. The molecule has 0 fully saturated rings. The average molecular weight is 173 g/mol. The van der Waals surface area contributed by atoms with Crippen molar-refractivity contribution in [2.24, 2.45) is 16.9 Å². The molecule has 0 atom stereocenters. The van der Waals surface area contributed by atoms with E-state index in [4.69, 9.17) is 11.5 Å². The van der Waals surface area contributed by atoms with Gasteiger partial charge in [-0.3, -0.25) is 0 Å². The number of nitrogens with one attached hydrogen (secondary N) is 1. The lowest BCUT2D eigenvalue weighted by Gasteiger charge is -2.23. The van der Waals surface area contributed by atoms with E-state index < -0.39 is 6.03 Å². The van der Waals surface area contributed by atoms with Crippen molar-refractivity contribution in [2.45, 2.75) is 26.7 Å². The lowest BCUT2D eigenvalue weighted by Crippen LogP contribution is -2.37. The maximum absolute atomic E-state index is 10.4. The summed E-state index contributed by atoms with van der Waals surface area (Å²) in [7, 11) is 0. The van der Waals surface area contributed by atoms with Gasteiger partial charge >= 0.3 is 6.03 Å². The molecule has 0 aromatic rings. The quantitative estimate of drug-likeness (QED) is 0.563. The Morgan fingerprint density at radius 3 is 2.50 bits per heavy atom. The molecule has 0 aliphatic carbocycles. The van der Waals surface area contributed by atoms with Gasteiger partial charge in [0.05, 0.1) is 0 Å². The van der Waals surface area contributed by atoms with Crippen LogP contribution in [0.1, 0.15) is 26.7 Å².